The smallest absolute Gasteiger partial charge is 0.204 e. The highest BCUT2D eigenvalue weighted by Crippen LogP contribution is 2.50. The molecule has 0 radical (unpaired) electrons. The molecule has 0 aliphatic carbocycles. The van der Waals surface area contributed by atoms with E-state index in [4.69, 9.17) is 51.6 Å². The molecule has 9 rings (SSSR count). The molecule has 0 fully saturated rings. The molecule has 1 unspecified atom stereocenters. The fraction of sp³-hybridized carbons (Fsp3) is 0.302. The van der Waals surface area contributed by atoms with Crippen molar-refractivity contribution in [2.24, 2.45) is 0 Å². The summed E-state index contributed by atoms with van der Waals surface area (Å²) in [5.41, 5.74) is 7.52. The summed E-state index contributed by atoms with van der Waals surface area (Å²) < 4.78 is 39.6. The van der Waals surface area contributed by atoms with Crippen LogP contribution in [0, 0.1) is 6.92 Å². The zero-order valence-electron chi connectivity index (χ0n) is 31.9. The summed E-state index contributed by atoms with van der Waals surface area (Å²) in [5.74, 6) is 4.87. The van der Waals surface area contributed by atoms with E-state index >= 15 is 0 Å². The standard InChI is InChI=1S/C43H45Cl2N3O6S/c1-26-19-38-37(50-4)24-35(26)48(55-41-14-11-31(44)23-34(41)45)47-18-16-30-22-40(51-5)43(52-6)42(33(30)25-47)54-39-21-28(29(15-17-46-2)20-36(39)49-3)10-7-27-8-12-32(53-38)13-9-27/h8-9,11-14,19-24,46H,7,10,15-18,25H2,1-6H3. The maximum atomic E-state index is 7.01. The van der Waals surface area contributed by atoms with Gasteiger partial charge in [-0.15, -0.1) is 0 Å². The number of hydrazine groups is 1. The first kappa shape index (κ1) is 38.8. The van der Waals surface area contributed by atoms with Crippen LogP contribution in [0.25, 0.3) is 0 Å². The van der Waals surface area contributed by atoms with Gasteiger partial charge in [0.25, 0.3) is 0 Å². The first-order chi connectivity index (χ1) is 26.7. The monoisotopic (exact) mass is 801 g/mol. The highest BCUT2D eigenvalue weighted by atomic mass is 35.5. The minimum absolute atomic E-state index is 0.477. The lowest BCUT2D eigenvalue weighted by molar-refractivity contribution is 0.264. The molecule has 288 valence electrons. The topological polar surface area (TPSA) is 73.9 Å². The van der Waals surface area contributed by atoms with E-state index < -0.39 is 0 Å². The number of methoxy groups -OCH3 is 4. The number of nitrogens with one attached hydrogen (secondary N) is 1. The van der Waals surface area contributed by atoms with Crippen molar-refractivity contribution in [3.63, 3.8) is 0 Å². The van der Waals surface area contributed by atoms with Crippen LogP contribution in [0.2, 0.25) is 10.0 Å². The van der Waals surface area contributed by atoms with E-state index in [1.165, 1.54) is 28.6 Å². The summed E-state index contributed by atoms with van der Waals surface area (Å²) in [4.78, 5) is 0.838. The Hall–Kier alpha value is -4.45. The van der Waals surface area contributed by atoms with Gasteiger partial charge in [0.1, 0.15) is 5.75 Å². The summed E-state index contributed by atoms with van der Waals surface area (Å²) in [6.07, 6.45) is 3.17. The van der Waals surface area contributed by atoms with Crippen LogP contribution in [0.4, 0.5) is 5.69 Å². The molecule has 0 amide bonds. The Balaban J connectivity index is 1.43. The number of anilines is 1. The van der Waals surface area contributed by atoms with Crippen LogP contribution in [-0.4, -0.2) is 53.6 Å². The van der Waals surface area contributed by atoms with Crippen molar-refractivity contribution in [3.8, 4) is 46.0 Å². The molecule has 1 N–H and O–H groups in total. The zero-order chi connectivity index (χ0) is 38.6. The van der Waals surface area contributed by atoms with Crippen molar-refractivity contribution in [3.05, 3.63) is 116 Å². The Morgan fingerprint density at radius 1 is 0.764 bits per heavy atom. The van der Waals surface area contributed by atoms with Crippen molar-refractivity contribution in [2.45, 2.75) is 44.0 Å². The van der Waals surface area contributed by atoms with E-state index in [0.29, 0.717) is 69.8 Å². The number of hydrogen-bond acceptors (Lipinski definition) is 10. The predicted molar refractivity (Wildman–Crippen MR) is 221 cm³/mol. The van der Waals surface area contributed by atoms with Crippen LogP contribution < -0.4 is 38.2 Å². The van der Waals surface area contributed by atoms with Gasteiger partial charge in [-0.25, -0.2) is 9.42 Å². The van der Waals surface area contributed by atoms with Gasteiger partial charge in [-0.1, -0.05) is 35.3 Å². The third-order valence-corrected chi connectivity index (χ3v) is 11.8. The normalized spacial score (nSPS) is 14.9. The third kappa shape index (κ3) is 8.25. The van der Waals surface area contributed by atoms with Crippen LogP contribution in [0.15, 0.2) is 77.7 Å². The minimum atomic E-state index is 0.477. The van der Waals surface area contributed by atoms with Gasteiger partial charge < -0.3 is 33.7 Å². The van der Waals surface area contributed by atoms with Gasteiger partial charge in [0.15, 0.2) is 34.5 Å². The number of hydrogen-bond donors (Lipinski definition) is 1. The fourth-order valence-corrected chi connectivity index (χ4v) is 8.59. The lowest BCUT2D eigenvalue weighted by atomic mass is 9.96. The molecule has 12 heteroatoms. The Morgan fingerprint density at radius 2 is 1.51 bits per heavy atom. The number of ether oxygens (including phenoxy) is 6. The number of rotatable bonds is 9. The second kappa shape index (κ2) is 17.1. The number of aryl methyl sites for hydroxylation is 3. The maximum Gasteiger partial charge on any atom is 0.204 e. The molecule has 4 heterocycles. The van der Waals surface area contributed by atoms with Gasteiger partial charge in [-0.3, -0.25) is 0 Å². The molecular weight excluding hydrogens is 757 g/mol. The van der Waals surface area contributed by atoms with Gasteiger partial charge in [-0.05, 0) is 129 Å². The molecule has 4 aliphatic rings. The molecule has 0 aromatic heterocycles. The number of fused-ring (bicyclic) bond motifs is 2. The van der Waals surface area contributed by atoms with E-state index in [-0.39, 0.29) is 0 Å². The molecule has 55 heavy (non-hydrogen) atoms. The zero-order valence-corrected chi connectivity index (χ0v) is 34.2. The number of likely N-dealkylation sites (N-methyl/N-ethyl adjacent to an activating group) is 1. The van der Waals surface area contributed by atoms with Crippen molar-refractivity contribution in [2.75, 3.05) is 53.0 Å². The second-order valence-corrected chi connectivity index (χ2v) is 15.2. The first-order valence-electron chi connectivity index (χ1n) is 18.2. The van der Waals surface area contributed by atoms with Crippen LogP contribution in [0.1, 0.15) is 33.4 Å². The molecular formula is C43H45Cl2N3O6S. The van der Waals surface area contributed by atoms with Crippen LogP contribution in [0.5, 0.6) is 46.0 Å². The predicted octanol–water partition coefficient (Wildman–Crippen LogP) is 10.3. The van der Waals surface area contributed by atoms with Gasteiger partial charge >= 0.3 is 0 Å². The first-order valence-corrected chi connectivity index (χ1v) is 19.7. The summed E-state index contributed by atoms with van der Waals surface area (Å²) >= 11 is 14.7. The van der Waals surface area contributed by atoms with Crippen molar-refractivity contribution in [1.29, 1.82) is 0 Å². The molecule has 1 atom stereocenters. The summed E-state index contributed by atoms with van der Waals surface area (Å²) in [6.45, 7) is 4.05. The van der Waals surface area contributed by atoms with E-state index in [0.717, 1.165) is 58.8 Å². The van der Waals surface area contributed by atoms with E-state index in [2.05, 4.69) is 52.0 Å². The number of benzene rings is 5. The highest BCUT2D eigenvalue weighted by Gasteiger charge is 2.32. The van der Waals surface area contributed by atoms with Gasteiger partial charge in [0.2, 0.25) is 5.75 Å². The maximum absolute atomic E-state index is 7.01. The quantitative estimate of drug-likeness (QED) is 0.146. The average molecular weight is 803 g/mol. The van der Waals surface area contributed by atoms with Crippen LogP contribution in [-0.2, 0) is 32.2 Å². The molecule has 5 aromatic carbocycles. The van der Waals surface area contributed by atoms with Crippen molar-refractivity contribution in [1.82, 2.24) is 10.3 Å². The summed E-state index contributed by atoms with van der Waals surface area (Å²) in [5, 5.41) is 6.68. The minimum Gasteiger partial charge on any atom is -0.493 e. The molecule has 0 spiro atoms. The Morgan fingerprint density at radius 3 is 2.22 bits per heavy atom. The van der Waals surface area contributed by atoms with Gasteiger partial charge in [0, 0.05) is 46.6 Å². The summed E-state index contributed by atoms with van der Waals surface area (Å²) in [7, 11) is 8.59. The number of halogens is 2. The Labute approximate surface area is 337 Å². The average Bonchev–Trinajstić information content (AvgIpc) is 3.19. The second-order valence-electron chi connectivity index (χ2n) is 13.4. The molecule has 9 nitrogen and oxygen atoms in total. The van der Waals surface area contributed by atoms with Gasteiger partial charge in [-0.2, -0.15) is 0 Å². The lowest BCUT2D eigenvalue weighted by Gasteiger charge is -2.40. The fourth-order valence-electron chi connectivity index (χ4n) is 7.07. The van der Waals surface area contributed by atoms with Crippen LogP contribution in [0.3, 0.4) is 0 Å². The van der Waals surface area contributed by atoms with E-state index in [9.17, 15) is 0 Å². The molecule has 5 aromatic rings. The Kier molecular flexibility index (Phi) is 12.1. The number of nitrogens with zero attached hydrogens (tertiary/aromatic N) is 2. The molecule has 4 aliphatic heterocycles. The summed E-state index contributed by atoms with van der Waals surface area (Å²) in [6, 6.07) is 24.1. The SMILES string of the molecule is CNCCc1cc(OC)c2cc1CCc1ccc(cc1)Oc1cc(C)c(cc1OC)N(Sc1ccc(Cl)cc1Cl)N1CCc3cc(OC)c(OC)c(c3C1)O2. The van der Waals surface area contributed by atoms with E-state index in [1.54, 1.807) is 34.5 Å². The van der Waals surface area contributed by atoms with E-state index in [1.807, 2.05) is 43.4 Å². The molecule has 8 bridgehead atoms. The molecule has 0 saturated carbocycles. The van der Waals surface area contributed by atoms with Crippen molar-refractivity contribution >= 4 is 40.8 Å². The largest absolute Gasteiger partial charge is 0.493 e. The third-order valence-electron chi connectivity index (χ3n) is 10.0. The van der Waals surface area contributed by atoms with Gasteiger partial charge in [0.05, 0.1) is 39.1 Å². The lowest BCUT2D eigenvalue weighted by Crippen LogP contribution is -2.42. The molecule has 0 saturated heterocycles. The highest BCUT2D eigenvalue weighted by molar-refractivity contribution is 8.00. The Bertz CT molecular complexity index is 2180. The van der Waals surface area contributed by atoms with Crippen molar-refractivity contribution < 1.29 is 28.4 Å². The van der Waals surface area contributed by atoms with Crippen LogP contribution >= 0.6 is 35.1 Å².